The minimum Gasteiger partial charge on any atom is -0.362 e. The predicted molar refractivity (Wildman–Crippen MR) is 77.3 cm³/mol. The summed E-state index contributed by atoms with van der Waals surface area (Å²) in [7, 11) is 0. The molecule has 2 nitrogen and oxygen atoms in total. The van der Waals surface area contributed by atoms with Gasteiger partial charge in [-0.1, -0.05) is 23.7 Å². The Morgan fingerprint density at radius 3 is 3.00 bits per heavy atom. The average molecular weight is 285 g/mol. The highest BCUT2D eigenvalue weighted by Gasteiger charge is 2.04. The van der Waals surface area contributed by atoms with Crippen LogP contribution in [0.5, 0.6) is 0 Å². The van der Waals surface area contributed by atoms with E-state index >= 15 is 0 Å². The molecule has 0 fully saturated rings. The number of nitrogens with one attached hydrogen (secondary N) is 1. The lowest BCUT2D eigenvalue weighted by Gasteiger charge is -2.01. The molecule has 90 valence electrons. The second-order valence-electron chi connectivity index (χ2n) is 3.38. The Morgan fingerprint density at radius 2 is 2.24 bits per heavy atom. The van der Waals surface area contributed by atoms with Crippen molar-refractivity contribution < 1.29 is 0 Å². The average Bonchev–Trinajstić information content (AvgIpc) is 2.76. The highest BCUT2D eigenvalue weighted by Crippen LogP contribution is 2.31. The fourth-order valence-electron chi connectivity index (χ4n) is 1.32. The third-order valence-electron chi connectivity index (χ3n) is 2.09. The quantitative estimate of drug-likeness (QED) is 0.817. The summed E-state index contributed by atoms with van der Waals surface area (Å²) in [6.07, 6.45) is 1.92. The molecule has 5 heteroatoms. The van der Waals surface area contributed by atoms with Gasteiger partial charge in [0, 0.05) is 28.3 Å². The molecular formula is C12H13ClN2S2. The second-order valence-corrected chi connectivity index (χ2v) is 5.92. The first-order valence-corrected chi connectivity index (χ1v) is 7.53. The van der Waals surface area contributed by atoms with Crippen molar-refractivity contribution in [3.05, 3.63) is 40.4 Å². The van der Waals surface area contributed by atoms with Gasteiger partial charge in [-0.3, -0.25) is 0 Å². The van der Waals surface area contributed by atoms with Crippen molar-refractivity contribution in [3.8, 4) is 0 Å². The van der Waals surface area contributed by atoms with E-state index in [9.17, 15) is 0 Å². The molecule has 1 aromatic carbocycles. The minimum absolute atomic E-state index is 0.814. The lowest BCUT2D eigenvalue weighted by molar-refractivity contribution is 1.19. The molecule has 1 heterocycles. The minimum atomic E-state index is 0.814. The fourth-order valence-corrected chi connectivity index (χ4v) is 3.46. The lowest BCUT2D eigenvalue weighted by Crippen LogP contribution is -1.94. The van der Waals surface area contributed by atoms with Crippen LogP contribution in [0.3, 0.4) is 0 Å². The summed E-state index contributed by atoms with van der Waals surface area (Å²) in [6, 6.07) is 7.91. The number of benzene rings is 1. The van der Waals surface area contributed by atoms with E-state index in [1.165, 1.54) is 4.88 Å². The molecule has 0 aliphatic heterocycles. The van der Waals surface area contributed by atoms with Gasteiger partial charge >= 0.3 is 0 Å². The molecule has 1 aromatic heterocycles. The van der Waals surface area contributed by atoms with Gasteiger partial charge in [-0.05, 0) is 19.1 Å². The SMILES string of the molecule is CCNc1ncc(CSc2ccccc2Cl)s1. The Labute approximate surface area is 114 Å². The van der Waals surface area contributed by atoms with Crippen LogP contribution in [0.25, 0.3) is 0 Å². The van der Waals surface area contributed by atoms with Crippen LogP contribution >= 0.6 is 34.7 Å². The largest absolute Gasteiger partial charge is 0.362 e. The summed E-state index contributed by atoms with van der Waals surface area (Å²) in [5, 5.41) is 5.01. The van der Waals surface area contributed by atoms with Gasteiger partial charge in [0.25, 0.3) is 0 Å². The standard InChI is InChI=1S/C12H13ClN2S2/c1-2-14-12-15-7-9(17-12)8-16-11-6-4-3-5-10(11)13/h3-7H,2,8H2,1H3,(H,14,15). The molecule has 0 aliphatic carbocycles. The second kappa shape index (κ2) is 6.28. The van der Waals surface area contributed by atoms with Gasteiger partial charge in [0.2, 0.25) is 0 Å². The Bertz CT molecular complexity index is 485. The number of nitrogens with zero attached hydrogens (tertiary/aromatic N) is 1. The molecule has 0 spiro atoms. The number of hydrogen-bond donors (Lipinski definition) is 1. The molecule has 2 rings (SSSR count). The third-order valence-corrected chi connectivity index (χ3v) is 4.79. The Morgan fingerprint density at radius 1 is 1.41 bits per heavy atom. The molecule has 0 bridgehead atoms. The van der Waals surface area contributed by atoms with Gasteiger partial charge in [0.05, 0.1) is 5.02 Å². The number of thioether (sulfide) groups is 1. The summed E-state index contributed by atoms with van der Waals surface area (Å²) in [5.41, 5.74) is 0. The number of thiazole rings is 1. The molecule has 2 aromatic rings. The molecule has 0 amide bonds. The highest BCUT2D eigenvalue weighted by atomic mass is 35.5. The van der Waals surface area contributed by atoms with Crippen LogP contribution in [0.1, 0.15) is 11.8 Å². The van der Waals surface area contributed by atoms with Gasteiger partial charge in [-0.25, -0.2) is 4.98 Å². The molecule has 0 saturated carbocycles. The summed E-state index contributed by atoms with van der Waals surface area (Å²) >= 11 is 9.54. The molecule has 17 heavy (non-hydrogen) atoms. The first kappa shape index (κ1) is 12.7. The van der Waals surface area contributed by atoms with Crippen molar-refractivity contribution in [1.82, 2.24) is 4.98 Å². The Kier molecular flexibility index (Phi) is 4.71. The summed E-state index contributed by atoms with van der Waals surface area (Å²) in [4.78, 5) is 6.68. The van der Waals surface area contributed by atoms with Gasteiger partial charge < -0.3 is 5.32 Å². The maximum Gasteiger partial charge on any atom is 0.182 e. The van der Waals surface area contributed by atoms with Crippen LogP contribution in [0.2, 0.25) is 5.02 Å². The predicted octanol–water partition coefficient (Wildman–Crippen LogP) is 4.52. The molecule has 0 radical (unpaired) electrons. The molecule has 0 saturated heterocycles. The molecule has 0 atom stereocenters. The molecular weight excluding hydrogens is 272 g/mol. The van der Waals surface area contributed by atoms with E-state index < -0.39 is 0 Å². The normalized spacial score (nSPS) is 10.5. The maximum absolute atomic E-state index is 6.10. The van der Waals surface area contributed by atoms with Gasteiger partial charge in [0.1, 0.15) is 0 Å². The van der Waals surface area contributed by atoms with Crippen LogP contribution in [0.15, 0.2) is 35.4 Å². The smallest absolute Gasteiger partial charge is 0.182 e. The fraction of sp³-hybridized carbons (Fsp3) is 0.250. The summed E-state index contributed by atoms with van der Waals surface area (Å²) in [6.45, 7) is 2.98. The van der Waals surface area contributed by atoms with Crippen LogP contribution in [-0.2, 0) is 5.75 Å². The van der Waals surface area contributed by atoms with Crippen LogP contribution < -0.4 is 5.32 Å². The zero-order valence-corrected chi connectivity index (χ0v) is 11.8. The number of rotatable bonds is 5. The van der Waals surface area contributed by atoms with Crippen LogP contribution in [0.4, 0.5) is 5.13 Å². The van der Waals surface area contributed by atoms with Crippen molar-refractivity contribution in [3.63, 3.8) is 0 Å². The van der Waals surface area contributed by atoms with Crippen LogP contribution in [-0.4, -0.2) is 11.5 Å². The van der Waals surface area contributed by atoms with Gasteiger partial charge in [0.15, 0.2) is 5.13 Å². The highest BCUT2D eigenvalue weighted by molar-refractivity contribution is 7.98. The van der Waals surface area contributed by atoms with Crippen molar-refractivity contribution in [1.29, 1.82) is 0 Å². The summed E-state index contributed by atoms with van der Waals surface area (Å²) < 4.78 is 0. The van der Waals surface area contributed by atoms with Crippen molar-refractivity contribution in [2.75, 3.05) is 11.9 Å². The van der Waals surface area contributed by atoms with E-state index in [1.807, 2.05) is 30.5 Å². The Hall–Kier alpha value is -0.710. The number of halogens is 1. The third kappa shape index (κ3) is 3.63. The van der Waals surface area contributed by atoms with Gasteiger partial charge in [-0.15, -0.1) is 23.1 Å². The molecule has 0 aliphatic rings. The van der Waals surface area contributed by atoms with E-state index in [-0.39, 0.29) is 0 Å². The number of hydrogen-bond acceptors (Lipinski definition) is 4. The first-order chi connectivity index (χ1) is 8.29. The lowest BCUT2D eigenvalue weighted by atomic mass is 10.4. The molecule has 1 N–H and O–H groups in total. The van der Waals surface area contributed by atoms with E-state index in [1.54, 1.807) is 23.1 Å². The van der Waals surface area contributed by atoms with E-state index in [0.29, 0.717) is 0 Å². The van der Waals surface area contributed by atoms with Crippen molar-refractivity contribution in [2.24, 2.45) is 0 Å². The van der Waals surface area contributed by atoms with E-state index in [4.69, 9.17) is 11.6 Å². The van der Waals surface area contributed by atoms with Crippen molar-refractivity contribution in [2.45, 2.75) is 17.6 Å². The maximum atomic E-state index is 6.10. The monoisotopic (exact) mass is 284 g/mol. The molecule has 0 unspecified atom stereocenters. The zero-order chi connectivity index (χ0) is 12.1. The van der Waals surface area contributed by atoms with Gasteiger partial charge in [-0.2, -0.15) is 0 Å². The topological polar surface area (TPSA) is 24.9 Å². The van der Waals surface area contributed by atoms with Crippen molar-refractivity contribution >= 4 is 39.8 Å². The van der Waals surface area contributed by atoms with E-state index in [0.717, 1.165) is 27.3 Å². The first-order valence-electron chi connectivity index (χ1n) is 5.35. The number of aromatic nitrogens is 1. The Balaban J connectivity index is 1.95. The van der Waals surface area contributed by atoms with E-state index in [2.05, 4.69) is 17.2 Å². The summed E-state index contributed by atoms with van der Waals surface area (Å²) in [5.74, 6) is 0.910. The number of anilines is 1. The van der Waals surface area contributed by atoms with Crippen LogP contribution in [0, 0.1) is 0 Å². The zero-order valence-electron chi connectivity index (χ0n) is 9.44.